The van der Waals surface area contributed by atoms with Gasteiger partial charge in [0.1, 0.15) is 0 Å². The van der Waals surface area contributed by atoms with Crippen molar-refractivity contribution in [1.29, 1.82) is 5.26 Å². The van der Waals surface area contributed by atoms with Crippen LogP contribution in [-0.4, -0.2) is 8.07 Å². The SMILES string of the molecule is CC(C)(C)[Si](C)(C)C#N. The van der Waals surface area contributed by atoms with Gasteiger partial charge in [-0.25, -0.2) is 5.26 Å². The minimum atomic E-state index is -1.57. The molecule has 0 bridgehead atoms. The van der Waals surface area contributed by atoms with Crippen LogP contribution in [0.3, 0.4) is 0 Å². The fourth-order valence-corrected chi connectivity index (χ4v) is 0.503. The third-order valence-electron chi connectivity index (χ3n) is 2.15. The summed E-state index contributed by atoms with van der Waals surface area (Å²) in [5.41, 5.74) is 2.42. The Hall–Kier alpha value is -0.293. The molecule has 0 fully saturated rings. The molecule has 0 aliphatic rings. The number of nitriles is 1. The van der Waals surface area contributed by atoms with E-state index < -0.39 is 8.07 Å². The molecule has 0 aromatic rings. The first-order valence-corrected chi connectivity index (χ1v) is 6.22. The molecule has 0 aliphatic heterocycles. The summed E-state index contributed by atoms with van der Waals surface area (Å²) in [5.74, 6) is 0. The fraction of sp³-hybridized carbons (Fsp3) is 0.857. The van der Waals surface area contributed by atoms with Crippen LogP contribution >= 0.6 is 0 Å². The van der Waals surface area contributed by atoms with Gasteiger partial charge in [0.15, 0.2) is 8.07 Å². The van der Waals surface area contributed by atoms with E-state index in [2.05, 4.69) is 39.6 Å². The van der Waals surface area contributed by atoms with Gasteiger partial charge < -0.3 is 0 Å². The maximum Gasteiger partial charge on any atom is 0.172 e. The molecule has 0 aliphatic carbocycles. The number of nitrogens with zero attached hydrogens (tertiary/aromatic N) is 1. The summed E-state index contributed by atoms with van der Waals surface area (Å²) in [6.07, 6.45) is 0. The van der Waals surface area contributed by atoms with Gasteiger partial charge in [0.2, 0.25) is 0 Å². The van der Waals surface area contributed by atoms with E-state index >= 15 is 0 Å². The number of rotatable bonds is 0. The molecular formula is C7H15NSi. The standard InChI is InChI=1S/C7H15NSi/c1-7(2,3)9(4,5)6-8/h1-5H3. The molecule has 0 spiro atoms. The minimum absolute atomic E-state index is 0.224. The second kappa shape index (κ2) is 2.15. The molecule has 0 N–H and O–H groups in total. The van der Waals surface area contributed by atoms with Gasteiger partial charge in [0.25, 0.3) is 0 Å². The van der Waals surface area contributed by atoms with Crippen molar-refractivity contribution in [3.8, 4) is 5.69 Å². The van der Waals surface area contributed by atoms with E-state index in [9.17, 15) is 0 Å². The van der Waals surface area contributed by atoms with E-state index in [0.717, 1.165) is 0 Å². The summed E-state index contributed by atoms with van der Waals surface area (Å²) in [6, 6.07) is 0. The third kappa shape index (κ3) is 1.83. The van der Waals surface area contributed by atoms with Gasteiger partial charge in [-0.05, 0) is 5.04 Å². The maximum absolute atomic E-state index is 8.74. The van der Waals surface area contributed by atoms with Crippen LogP contribution in [0.15, 0.2) is 0 Å². The topological polar surface area (TPSA) is 23.8 Å². The van der Waals surface area contributed by atoms with Crippen LogP contribution in [0.25, 0.3) is 0 Å². The van der Waals surface area contributed by atoms with E-state index in [1.807, 2.05) is 0 Å². The molecule has 52 valence electrons. The van der Waals surface area contributed by atoms with Gasteiger partial charge in [0, 0.05) is 5.69 Å². The lowest BCUT2D eigenvalue weighted by Crippen LogP contribution is -2.35. The van der Waals surface area contributed by atoms with E-state index in [-0.39, 0.29) is 5.04 Å². The van der Waals surface area contributed by atoms with Crippen molar-refractivity contribution in [2.75, 3.05) is 0 Å². The van der Waals surface area contributed by atoms with Gasteiger partial charge in [-0.15, -0.1) is 0 Å². The van der Waals surface area contributed by atoms with Crippen LogP contribution < -0.4 is 0 Å². The summed E-state index contributed by atoms with van der Waals surface area (Å²) in [4.78, 5) is 0. The van der Waals surface area contributed by atoms with Gasteiger partial charge in [-0.2, -0.15) is 0 Å². The third-order valence-corrected chi connectivity index (χ3v) is 6.46. The molecule has 0 atom stereocenters. The Morgan fingerprint density at radius 3 is 1.56 bits per heavy atom. The van der Waals surface area contributed by atoms with Crippen molar-refractivity contribution >= 4 is 8.07 Å². The normalized spacial score (nSPS) is 12.9. The highest BCUT2D eigenvalue weighted by Gasteiger charge is 2.35. The van der Waals surface area contributed by atoms with Crippen molar-refractivity contribution < 1.29 is 0 Å². The molecule has 0 aromatic carbocycles. The van der Waals surface area contributed by atoms with Crippen LogP contribution in [0.4, 0.5) is 0 Å². The summed E-state index contributed by atoms with van der Waals surface area (Å²) in [7, 11) is -1.57. The van der Waals surface area contributed by atoms with Crippen LogP contribution in [0.5, 0.6) is 0 Å². The predicted octanol–water partition coefficient (Wildman–Crippen LogP) is 2.56. The quantitative estimate of drug-likeness (QED) is 0.476. The van der Waals surface area contributed by atoms with E-state index in [1.165, 1.54) is 0 Å². The Morgan fingerprint density at radius 2 is 1.56 bits per heavy atom. The minimum Gasteiger partial charge on any atom is -0.207 e. The molecule has 0 saturated carbocycles. The lowest BCUT2D eigenvalue weighted by atomic mass is 10.2. The van der Waals surface area contributed by atoms with Crippen molar-refractivity contribution in [2.45, 2.75) is 38.9 Å². The molecule has 0 aromatic heterocycles. The van der Waals surface area contributed by atoms with Gasteiger partial charge in [-0.1, -0.05) is 33.9 Å². The zero-order valence-electron chi connectivity index (χ0n) is 6.95. The first kappa shape index (κ1) is 8.71. The fourth-order valence-electron chi connectivity index (χ4n) is 0.168. The zero-order valence-corrected chi connectivity index (χ0v) is 7.95. The highest BCUT2D eigenvalue weighted by Crippen LogP contribution is 2.34. The summed E-state index contributed by atoms with van der Waals surface area (Å²) < 4.78 is 0. The van der Waals surface area contributed by atoms with Crippen molar-refractivity contribution in [3.63, 3.8) is 0 Å². The summed E-state index contributed by atoms with van der Waals surface area (Å²) >= 11 is 0. The molecule has 0 radical (unpaired) electrons. The highest BCUT2D eigenvalue weighted by atomic mass is 28.3. The molecule has 0 rings (SSSR count). The zero-order chi connectivity index (χ0) is 7.71. The largest absolute Gasteiger partial charge is 0.207 e. The van der Waals surface area contributed by atoms with E-state index in [1.54, 1.807) is 0 Å². The Bertz CT molecular complexity index is 136. The number of hydrogen-bond acceptors (Lipinski definition) is 1. The van der Waals surface area contributed by atoms with Gasteiger partial charge in [-0.3, -0.25) is 0 Å². The lowest BCUT2D eigenvalue weighted by molar-refractivity contribution is 0.730. The Morgan fingerprint density at radius 1 is 1.22 bits per heavy atom. The Balaban J connectivity index is 4.39. The molecule has 1 nitrogen and oxygen atoms in total. The molecule has 0 unspecified atom stereocenters. The van der Waals surface area contributed by atoms with Crippen molar-refractivity contribution in [2.24, 2.45) is 0 Å². The van der Waals surface area contributed by atoms with Gasteiger partial charge >= 0.3 is 0 Å². The van der Waals surface area contributed by atoms with Gasteiger partial charge in [0.05, 0.1) is 0 Å². The molecule has 0 heterocycles. The predicted molar refractivity (Wildman–Crippen MR) is 42.8 cm³/mol. The van der Waals surface area contributed by atoms with Crippen molar-refractivity contribution in [3.05, 3.63) is 0 Å². The molecule has 9 heavy (non-hydrogen) atoms. The monoisotopic (exact) mass is 141 g/mol. The smallest absolute Gasteiger partial charge is 0.172 e. The lowest BCUT2D eigenvalue weighted by Gasteiger charge is -2.29. The highest BCUT2D eigenvalue weighted by molar-refractivity contribution is 6.87. The van der Waals surface area contributed by atoms with Crippen LogP contribution in [0.1, 0.15) is 20.8 Å². The second-order valence-corrected chi connectivity index (χ2v) is 8.96. The Labute approximate surface area is 58.7 Å². The first-order chi connectivity index (χ1) is 3.81. The van der Waals surface area contributed by atoms with Crippen LogP contribution in [0.2, 0.25) is 18.1 Å². The maximum atomic E-state index is 8.74. The first-order valence-electron chi connectivity index (χ1n) is 3.22. The van der Waals surface area contributed by atoms with Crippen molar-refractivity contribution in [1.82, 2.24) is 0 Å². The van der Waals surface area contributed by atoms with E-state index in [4.69, 9.17) is 5.26 Å². The second-order valence-electron chi connectivity index (χ2n) is 3.99. The molecule has 0 saturated heterocycles. The average Bonchev–Trinajstić information content (AvgIpc) is 1.64. The summed E-state index contributed by atoms with van der Waals surface area (Å²) in [6.45, 7) is 10.6. The average molecular weight is 141 g/mol. The molecular weight excluding hydrogens is 126 g/mol. The number of hydrogen-bond donors (Lipinski definition) is 0. The summed E-state index contributed by atoms with van der Waals surface area (Å²) in [5, 5.41) is 8.97. The molecule has 2 heteroatoms. The van der Waals surface area contributed by atoms with Crippen LogP contribution in [0, 0.1) is 11.0 Å². The molecule has 0 amide bonds. The Kier molecular flexibility index (Phi) is 2.08. The van der Waals surface area contributed by atoms with E-state index in [0.29, 0.717) is 0 Å². The van der Waals surface area contributed by atoms with Crippen LogP contribution in [-0.2, 0) is 0 Å².